The third kappa shape index (κ3) is 4.35. The zero-order valence-electron chi connectivity index (χ0n) is 12.0. The smallest absolute Gasteiger partial charge is 0.288 e. The lowest BCUT2D eigenvalue weighted by molar-refractivity contribution is 0.252. The summed E-state index contributed by atoms with van der Waals surface area (Å²) in [6.07, 6.45) is 2.25. The van der Waals surface area contributed by atoms with Gasteiger partial charge in [0.15, 0.2) is 0 Å². The molecule has 1 aliphatic rings. The van der Waals surface area contributed by atoms with Gasteiger partial charge >= 0.3 is 0 Å². The molecule has 2 rings (SSSR count). The average Bonchev–Trinajstić information content (AvgIpc) is 2.38. The maximum absolute atomic E-state index is 12.6. The van der Waals surface area contributed by atoms with Crippen molar-refractivity contribution >= 4 is 17.4 Å². The summed E-state index contributed by atoms with van der Waals surface area (Å²) in [5.41, 5.74) is 0.938. The van der Waals surface area contributed by atoms with E-state index in [1.165, 1.54) is 0 Å². The number of nitrogens with zero attached hydrogens (tertiary/aromatic N) is 1. The van der Waals surface area contributed by atoms with Crippen molar-refractivity contribution in [2.45, 2.75) is 49.4 Å². The number of benzene rings is 1. The zero-order valence-corrected chi connectivity index (χ0v) is 12.8. The second-order valence-electron chi connectivity index (χ2n) is 5.45. The zero-order chi connectivity index (χ0) is 14.5. The van der Waals surface area contributed by atoms with Crippen LogP contribution >= 0.6 is 11.8 Å². The number of thioether (sulfide) groups is 1. The van der Waals surface area contributed by atoms with Gasteiger partial charge in [-0.05, 0) is 25.0 Å². The molecule has 5 heteroatoms. The van der Waals surface area contributed by atoms with Crippen molar-refractivity contribution < 1.29 is 8.78 Å². The van der Waals surface area contributed by atoms with Crippen molar-refractivity contribution in [2.75, 3.05) is 18.0 Å². The minimum Gasteiger partial charge on any atom is -0.369 e. The van der Waals surface area contributed by atoms with Gasteiger partial charge in [-0.15, -0.1) is 0 Å². The first-order chi connectivity index (χ1) is 9.56. The Balaban J connectivity index is 2.10. The molecule has 1 aromatic carbocycles. The van der Waals surface area contributed by atoms with Crippen LogP contribution in [0.3, 0.4) is 0 Å². The van der Waals surface area contributed by atoms with E-state index in [4.69, 9.17) is 0 Å². The molecule has 0 amide bonds. The Bertz CT molecular complexity index is 426. The topological polar surface area (TPSA) is 15.3 Å². The van der Waals surface area contributed by atoms with Crippen molar-refractivity contribution in [1.82, 2.24) is 5.32 Å². The first-order valence-corrected chi connectivity index (χ1v) is 7.99. The van der Waals surface area contributed by atoms with Crippen LogP contribution in [-0.4, -0.2) is 30.9 Å². The largest absolute Gasteiger partial charge is 0.369 e. The van der Waals surface area contributed by atoms with Crippen LogP contribution in [0.25, 0.3) is 0 Å². The van der Waals surface area contributed by atoms with Crippen molar-refractivity contribution in [3.05, 3.63) is 24.3 Å². The molecule has 1 aliphatic heterocycles. The van der Waals surface area contributed by atoms with Gasteiger partial charge in [-0.2, -0.15) is 8.78 Å². The van der Waals surface area contributed by atoms with E-state index in [0.29, 0.717) is 28.7 Å². The van der Waals surface area contributed by atoms with Crippen molar-refractivity contribution in [2.24, 2.45) is 0 Å². The van der Waals surface area contributed by atoms with Gasteiger partial charge in [0.2, 0.25) is 0 Å². The van der Waals surface area contributed by atoms with Crippen LogP contribution < -0.4 is 10.2 Å². The number of piperidine rings is 1. The highest BCUT2D eigenvalue weighted by molar-refractivity contribution is 7.99. The van der Waals surface area contributed by atoms with Crippen LogP contribution in [0.15, 0.2) is 29.2 Å². The second-order valence-corrected chi connectivity index (χ2v) is 6.48. The van der Waals surface area contributed by atoms with Crippen molar-refractivity contribution in [1.29, 1.82) is 0 Å². The van der Waals surface area contributed by atoms with Crippen LogP contribution in [-0.2, 0) is 0 Å². The van der Waals surface area contributed by atoms with Crippen LogP contribution in [0.4, 0.5) is 14.5 Å². The van der Waals surface area contributed by atoms with Gasteiger partial charge in [-0.25, -0.2) is 0 Å². The molecule has 0 saturated carbocycles. The molecule has 0 bridgehead atoms. The fourth-order valence-corrected chi connectivity index (χ4v) is 3.38. The summed E-state index contributed by atoms with van der Waals surface area (Å²) in [6.45, 7) is 6.11. The lowest BCUT2D eigenvalue weighted by Gasteiger charge is -2.36. The fraction of sp³-hybridized carbons (Fsp3) is 0.600. The minimum absolute atomic E-state index is 0.438. The summed E-state index contributed by atoms with van der Waals surface area (Å²) >= 11 is 0.638. The molecule has 0 radical (unpaired) electrons. The summed E-state index contributed by atoms with van der Waals surface area (Å²) in [5, 5.41) is 3.55. The monoisotopic (exact) mass is 300 g/mol. The Morgan fingerprint density at radius 3 is 2.75 bits per heavy atom. The van der Waals surface area contributed by atoms with Crippen molar-refractivity contribution in [3.63, 3.8) is 0 Å². The Labute approximate surface area is 123 Å². The molecule has 1 heterocycles. The average molecular weight is 300 g/mol. The summed E-state index contributed by atoms with van der Waals surface area (Å²) in [5.74, 6) is -2.37. The molecule has 0 aliphatic carbocycles. The highest BCUT2D eigenvalue weighted by Gasteiger charge is 2.22. The molecule has 2 nitrogen and oxygen atoms in total. The first kappa shape index (κ1) is 15.6. The maximum Gasteiger partial charge on any atom is 0.288 e. The van der Waals surface area contributed by atoms with Crippen molar-refractivity contribution in [3.8, 4) is 0 Å². The quantitative estimate of drug-likeness (QED) is 0.828. The highest BCUT2D eigenvalue weighted by Crippen LogP contribution is 2.35. The van der Waals surface area contributed by atoms with E-state index in [0.717, 1.165) is 31.6 Å². The number of hydrogen-bond donors (Lipinski definition) is 1. The van der Waals surface area contributed by atoms with E-state index in [9.17, 15) is 8.78 Å². The van der Waals surface area contributed by atoms with Crippen LogP contribution in [0.1, 0.15) is 26.7 Å². The fourth-order valence-electron chi connectivity index (χ4n) is 2.72. The van der Waals surface area contributed by atoms with Gasteiger partial charge in [-0.3, -0.25) is 0 Å². The third-order valence-corrected chi connectivity index (χ3v) is 4.19. The maximum atomic E-state index is 12.6. The molecule has 20 heavy (non-hydrogen) atoms. The summed E-state index contributed by atoms with van der Waals surface area (Å²) in [6, 6.07) is 8.36. The molecular weight excluding hydrogens is 278 g/mol. The van der Waals surface area contributed by atoms with Crippen LogP contribution in [0, 0.1) is 0 Å². The summed E-state index contributed by atoms with van der Waals surface area (Å²) < 4.78 is 25.3. The van der Waals surface area contributed by atoms with Gasteiger partial charge in [0, 0.05) is 30.1 Å². The number of halogens is 2. The van der Waals surface area contributed by atoms with Gasteiger partial charge < -0.3 is 10.2 Å². The second kappa shape index (κ2) is 7.27. The van der Waals surface area contributed by atoms with E-state index in [2.05, 4.69) is 24.1 Å². The third-order valence-electron chi connectivity index (χ3n) is 3.41. The SMILES string of the molecule is CC(C)NC1CCCN(c2ccccc2SC(F)F)C1. The number of anilines is 1. The number of hydrogen-bond acceptors (Lipinski definition) is 3. The van der Waals surface area contributed by atoms with E-state index in [1.807, 2.05) is 18.2 Å². The van der Waals surface area contributed by atoms with Crippen LogP contribution in [0.2, 0.25) is 0 Å². The van der Waals surface area contributed by atoms with Gasteiger partial charge in [0.25, 0.3) is 5.76 Å². The van der Waals surface area contributed by atoms with Gasteiger partial charge in [0.05, 0.1) is 5.69 Å². The molecule has 1 atom stereocenters. The number of para-hydroxylation sites is 1. The molecule has 1 unspecified atom stereocenters. The molecule has 1 N–H and O–H groups in total. The minimum atomic E-state index is -2.37. The number of nitrogens with one attached hydrogen (secondary N) is 1. The predicted octanol–water partition coefficient (Wildman–Crippen LogP) is 3.97. The summed E-state index contributed by atoms with van der Waals surface area (Å²) in [4.78, 5) is 2.90. The lowest BCUT2D eigenvalue weighted by atomic mass is 10.0. The first-order valence-electron chi connectivity index (χ1n) is 7.11. The molecule has 1 aromatic rings. The normalized spacial score (nSPS) is 19.9. The van der Waals surface area contributed by atoms with E-state index in [-0.39, 0.29) is 0 Å². The Morgan fingerprint density at radius 1 is 1.30 bits per heavy atom. The highest BCUT2D eigenvalue weighted by atomic mass is 32.2. The van der Waals surface area contributed by atoms with Gasteiger partial charge in [0.1, 0.15) is 0 Å². The predicted molar refractivity (Wildman–Crippen MR) is 81.8 cm³/mol. The number of rotatable bonds is 5. The van der Waals surface area contributed by atoms with E-state index >= 15 is 0 Å². The Morgan fingerprint density at radius 2 is 2.05 bits per heavy atom. The van der Waals surface area contributed by atoms with E-state index < -0.39 is 5.76 Å². The Hall–Kier alpha value is -0.810. The summed E-state index contributed by atoms with van der Waals surface area (Å²) in [7, 11) is 0. The Kier molecular flexibility index (Phi) is 5.66. The van der Waals surface area contributed by atoms with E-state index in [1.54, 1.807) is 6.07 Å². The lowest BCUT2D eigenvalue weighted by Crippen LogP contribution is -2.48. The molecule has 0 aromatic heterocycles. The number of alkyl halides is 2. The molecule has 112 valence electrons. The molecular formula is C15H22F2N2S. The molecule has 0 spiro atoms. The van der Waals surface area contributed by atoms with Crippen LogP contribution in [0.5, 0.6) is 0 Å². The standard InChI is InChI=1S/C15H22F2N2S/c1-11(2)18-12-6-5-9-19(10-12)13-7-3-4-8-14(13)20-15(16)17/h3-4,7-8,11-12,15,18H,5-6,9-10H2,1-2H3. The molecule has 1 fully saturated rings. The molecule has 1 saturated heterocycles. The van der Waals surface area contributed by atoms with Gasteiger partial charge in [-0.1, -0.05) is 37.7 Å².